The summed E-state index contributed by atoms with van der Waals surface area (Å²) in [6, 6.07) is 7.64. The predicted octanol–water partition coefficient (Wildman–Crippen LogP) is 3.69. The van der Waals surface area contributed by atoms with Crippen molar-refractivity contribution >= 4 is 23.4 Å². The molecular weight excluding hydrogens is 360 g/mol. The van der Waals surface area contributed by atoms with E-state index in [9.17, 15) is 9.59 Å². The van der Waals surface area contributed by atoms with Gasteiger partial charge in [-0.2, -0.15) is 0 Å². The lowest BCUT2D eigenvalue weighted by molar-refractivity contribution is -0.137. The Labute approximate surface area is 165 Å². The zero-order chi connectivity index (χ0) is 18.9. The van der Waals surface area contributed by atoms with Crippen molar-refractivity contribution in [3.63, 3.8) is 0 Å². The van der Waals surface area contributed by atoms with Gasteiger partial charge in [-0.1, -0.05) is 35.9 Å². The molecule has 1 saturated carbocycles. The maximum absolute atomic E-state index is 12.8. The van der Waals surface area contributed by atoms with Gasteiger partial charge in [0.2, 0.25) is 11.8 Å². The van der Waals surface area contributed by atoms with Gasteiger partial charge in [0.15, 0.2) is 0 Å². The SMILES string of the molecule is O=C(C1CC=CC1)N1CCC[C@@H](CNC(=O)C2(c3ccc(Cl)cc3)CC2)C1. The zero-order valence-electron chi connectivity index (χ0n) is 15.6. The van der Waals surface area contributed by atoms with Crippen molar-refractivity contribution in [2.75, 3.05) is 19.6 Å². The van der Waals surface area contributed by atoms with Crippen LogP contribution in [0.15, 0.2) is 36.4 Å². The Balaban J connectivity index is 1.31. The highest BCUT2D eigenvalue weighted by Gasteiger charge is 2.51. The van der Waals surface area contributed by atoms with Crippen LogP contribution in [0.2, 0.25) is 5.02 Å². The van der Waals surface area contributed by atoms with Gasteiger partial charge in [0.1, 0.15) is 0 Å². The Kier molecular flexibility index (Phi) is 5.27. The second kappa shape index (κ2) is 7.67. The molecule has 1 N–H and O–H groups in total. The largest absolute Gasteiger partial charge is 0.355 e. The molecule has 1 aliphatic heterocycles. The molecule has 2 amide bonds. The number of piperidine rings is 1. The second-order valence-electron chi connectivity index (χ2n) is 8.23. The molecule has 0 aromatic heterocycles. The molecular formula is C22H27ClN2O2. The van der Waals surface area contributed by atoms with E-state index in [0.717, 1.165) is 57.2 Å². The van der Waals surface area contributed by atoms with E-state index in [4.69, 9.17) is 11.6 Å². The lowest BCUT2D eigenvalue weighted by Crippen LogP contribution is -2.46. The topological polar surface area (TPSA) is 49.4 Å². The van der Waals surface area contributed by atoms with E-state index in [1.807, 2.05) is 29.2 Å². The van der Waals surface area contributed by atoms with E-state index in [0.29, 0.717) is 17.5 Å². The lowest BCUT2D eigenvalue weighted by Gasteiger charge is -2.34. The number of nitrogens with zero attached hydrogens (tertiary/aromatic N) is 1. The molecule has 0 bridgehead atoms. The van der Waals surface area contributed by atoms with Crippen molar-refractivity contribution in [1.29, 1.82) is 0 Å². The number of carbonyl (C=O) groups excluding carboxylic acids is 2. The first kappa shape index (κ1) is 18.5. The van der Waals surface area contributed by atoms with Gasteiger partial charge in [-0.05, 0) is 62.1 Å². The van der Waals surface area contributed by atoms with Crippen LogP contribution in [0.4, 0.5) is 0 Å². The molecule has 1 atom stereocenters. The monoisotopic (exact) mass is 386 g/mol. The van der Waals surface area contributed by atoms with Gasteiger partial charge in [-0.3, -0.25) is 9.59 Å². The number of benzene rings is 1. The molecule has 27 heavy (non-hydrogen) atoms. The van der Waals surface area contributed by atoms with E-state index < -0.39 is 0 Å². The average molecular weight is 387 g/mol. The standard InChI is InChI=1S/C22H27ClN2O2/c23-19-9-7-18(8-10-19)22(11-12-22)21(27)24-14-16-4-3-13-25(15-16)20(26)17-5-1-2-6-17/h1-2,7-10,16-17H,3-6,11-15H2,(H,24,27)/t16-/m0/s1. The van der Waals surface area contributed by atoms with E-state index in [1.165, 1.54) is 0 Å². The first-order chi connectivity index (χ1) is 13.1. The number of hydrogen-bond acceptors (Lipinski definition) is 2. The normalized spacial score (nSPS) is 24.0. The first-order valence-corrected chi connectivity index (χ1v) is 10.4. The molecule has 1 aromatic rings. The Morgan fingerprint density at radius 3 is 2.52 bits per heavy atom. The molecule has 2 aliphatic carbocycles. The number of nitrogens with one attached hydrogen (secondary N) is 1. The molecule has 3 aliphatic rings. The fourth-order valence-corrected chi connectivity index (χ4v) is 4.58. The Bertz CT molecular complexity index is 731. The Morgan fingerprint density at radius 1 is 1.15 bits per heavy atom. The van der Waals surface area contributed by atoms with E-state index in [2.05, 4.69) is 17.5 Å². The molecule has 4 rings (SSSR count). The lowest BCUT2D eigenvalue weighted by atomic mass is 9.93. The van der Waals surface area contributed by atoms with Gasteiger partial charge in [0, 0.05) is 30.6 Å². The molecule has 0 spiro atoms. The summed E-state index contributed by atoms with van der Waals surface area (Å²) in [6.45, 7) is 2.28. The van der Waals surface area contributed by atoms with Crippen molar-refractivity contribution < 1.29 is 9.59 Å². The summed E-state index contributed by atoms with van der Waals surface area (Å²) in [7, 11) is 0. The van der Waals surface area contributed by atoms with Crippen LogP contribution < -0.4 is 5.32 Å². The molecule has 1 aromatic carbocycles. The summed E-state index contributed by atoms with van der Waals surface area (Å²) >= 11 is 5.97. The number of carbonyl (C=O) groups is 2. The third-order valence-electron chi connectivity index (χ3n) is 6.32. The molecule has 0 unspecified atom stereocenters. The van der Waals surface area contributed by atoms with Crippen LogP contribution in [0, 0.1) is 11.8 Å². The summed E-state index contributed by atoms with van der Waals surface area (Å²) in [5, 5.41) is 3.87. The van der Waals surface area contributed by atoms with E-state index in [1.54, 1.807) is 0 Å². The average Bonchev–Trinajstić information content (AvgIpc) is 3.32. The number of hydrogen-bond donors (Lipinski definition) is 1. The van der Waals surface area contributed by atoms with Crippen molar-refractivity contribution in [3.8, 4) is 0 Å². The second-order valence-corrected chi connectivity index (χ2v) is 8.67. The van der Waals surface area contributed by atoms with Crippen LogP contribution >= 0.6 is 11.6 Å². The van der Waals surface area contributed by atoms with Crippen LogP contribution in [0.25, 0.3) is 0 Å². The van der Waals surface area contributed by atoms with Crippen molar-refractivity contribution in [1.82, 2.24) is 10.2 Å². The number of rotatable bonds is 5. The highest BCUT2D eigenvalue weighted by Crippen LogP contribution is 2.48. The predicted molar refractivity (Wildman–Crippen MR) is 107 cm³/mol. The van der Waals surface area contributed by atoms with Gasteiger partial charge in [0.05, 0.1) is 5.41 Å². The first-order valence-electron chi connectivity index (χ1n) is 10.1. The minimum Gasteiger partial charge on any atom is -0.355 e. The van der Waals surface area contributed by atoms with Gasteiger partial charge in [-0.15, -0.1) is 0 Å². The summed E-state index contributed by atoms with van der Waals surface area (Å²) in [5.74, 6) is 0.893. The van der Waals surface area contributed by atoms with Crippen molar-refractivity contribution in [3.05, 3.63) is 47.0 Å². The van der Waals surface area contributed by atoms with Crippen LogP contribution in [0.3, 0.4) is 0 Å². The number of allylic oxidation sites excluding steroid dienone is 2. The minimum absolute atomic E-state index is 0.119. The number of likely N-dealkylation sites (tertiary alicyclic amines) is 1. The molecule has 144 valence electrons. The van der Waals surface area contributed by atoms with Crippen LogP contribution in [-0.4, -0.2) is 36.3 Å². The minimum atomic E-state index is -0.371. The molecule has 1 saturated heterocycles. The van der Waals surface area contributed by atoms with Crippen LogP contribution in [0.1, 0.15) is 44.1 Å². The van der Waals surface area contributed by atoms with Gasteiger partial charge < -0.3 is 10.2 Å². The fourth-order valence-electron chi connectivity index (χ4n) is 4.46. The van der Waals surface area contributed by atoms with Crippen molar-refractivity contribution in [2.24, 2.45) is 11.8 Å². The Hall–Kier alpha value is -1.81. The Morgan fingerprint density at radius 2 is 1.85 bits per heavy atom. The number of amides is 2. The van der Waals surface area contributed by atoms with Gasteiger partial charge >= 0.3 is 0 Å². The van der Waals surface area contributed by atoms with Crippen molar-refractivity contribution in [2.45, 2.75) is 43.9 Å². The highest BCUT2D eigenvalue weighted by atomic mass is 35.5. The van der Waals surface area contributed by atoms with Gasteiger partial charge in [-0.25, -0.2) is 0 Å². The third kappa shape index (κ3) is 3.91. The smallest absolute Gasteiger partial charge is 0.230 e. The van der Waals surface area contributed by atoms with Crippen LogP contribution in [0.5, 0.6) is 0 Å². The highest BCUT2D eigenvalue weighted by molar-refractivity contribution is 6.30. The van der Waals surface area contributed by atoms with Gasteiger partial charge in [0.25, 0.3) is 0 Å². The number of halogens is 1. The summed E-state index contributed by atoms with van der Waals surface area (Å²) in [4.78, 5) is 27.5. The molecule has 0 radical (unpaired) electrons. The third-order valence-corrected chi connectivity index (χ3v) is 6.57. The maximum atomic E-state index is 12.8. The quantitative estimate of drug-likeness (QED) is 0.784. The molecule has 1 heterocycles. The van der Waals surface area contributed by atoms with E-state index in [-0.39, 0.29) is 23.1 Å². The summed E-state index contributed by atoms with van der Waals surface area (Å²) in [6.07, 6.45) is 9.84. The molecule has 2 fully saturated rings. The summed E-state index contributed by atoms with van der Waals surface area (Å²) in [5.41, 5.74) is 0.683. The molecule has 5 heteroatoms. The maximum Gasteiger partial charge on any atom is 0.230 e. The van der Waals surface area contributed by atoms with E-state index >= 15 is 0 Å². The summed E-state index contributed by atoms with van der Waals surface area (Å²) < 4.78 is 0. The molecule has 4 nitrogen and oxygen atoms in total. The van der Waals surface area contributed by atoms with Crippen LogP contribution in [-0.2, 0) is 15.0 Å². The fraction of sp³-hybridized carbons (Fsp3) is 0.545. The zero-order valence-corrected chi connectivity index (χ0v) is 16.4.